The van der Waals surface area contributed by atoms with E-state index < -0.39 is 11.6 Å². The Balaban J connectivity index is 2.35. The van der Waals surface area contributed by atoms with Crippen molar-refractivity contribution in [3.8, 4) is 0 Å². The highest BCUT2D eigenvalue weighted by Gasteiger charge is 2.30. The Morgan fingerprint density at radius 1 is 1.30 bits per heavy atom. The highest BCUT2D eigenvalue weighted by Crippen LogP contribution is 2.39. The van der Waals surface area contributed by atoms with Gasteiger partial charge in [-0.1, -0.05) is 0 Å². The van der Waals surface area contributed by atoms with E-state index in [1.54, 1.807) is 6.92 Å². The lowest BCUT2D eigenvalue weighted by atomic mass is 9.98. The van der Waals surface area contributed by atoms with Gasteiger partial charge in [-0.05, 0) is 47.5 Å². The Kier molecular flexibility index (Phi) is 4.18. The van der Waals surface area contributed by atoms with Crippen molar-refractivity contribution < 1.29 is 5.11 Å². The minimum atomic E-state index is -0.469. The summed E-state index contributed by atoms with van der Waals surface area (Å²) < 4.78 is 0. The van der Waals surface area contributed by atoms with E-state index in [9.17, 15) is 5.11 Å². The topological polar surface area (TPSA) is 70.1 Å². The molecule has 1 atom stereocenters. The Morgan fingerprint density at radius 3 is 2.40 bits per heavy atom. The summed E-state index contributed by atoms with van der Waals surface area (Å²) in [7, 11) is 0. The SMILES string of the molecule is CCNc1nc(C2CC2)nc(NC(C)(C)C(C)O)c1C. The standard InChI is InChI=1S/C15H26N4O/c1-6-16-12-9(2)13(19-15(4,5)10(3)20)18-14(17-12)11-7-8-11/h10-11,20H,6-8H2,1-5H3,(H2,16,17,18,19). The number of aromatic nitrogens is 2. The van der Waals surface area contributed by atoms with E-state index in [0.29, 0.717) is 5.92 Å². The normalized spacial score (nSPS) is 16.9. The molecule has 0 bridgehead atoms. The molecule has 1 aromatic heterocycles. The molecule has 0 spiro atoms. The van der Waals surface area contributed by atoms with Gasteiger partial charge in [0.05, 0.1) is 11.6 Å². The molecule has 0 radical (unpaired) electrons. The second-order valence-electron chi connectivity index (χ2n) is 6.23. The Hall–Kier alpha value is -1.36. The summed E-state index contributed by atoms with van der Waals surface area (Å²) in [5.41, 5.74) is 0.577. The van der Waals surface area contributed by atoms with E-state index in [1.807, 2.05) is 20.8 Å². The second kappa shape index (κ2) is 5.56. The van der Waals surface area contributed by atoms with Crippen molar-refractivity contribution in [1.29, 1.82) is 0 Å². The largest absolute Gasteiger partial charge is 0.391 e. The van der Waals surface area contributed by atoms with Gasteiger partial charge < -0.3 is 15.7 Å². The number of hydrogen-bond donors (Lipinski definition) is 3. The van der Waals surface area contributed by atoms with Gasteiger partial charge in [0, 0.05) is 18.0 Å². The minimum Gasteiger partial charge on any atom is -0.391 e. The average Bonchev–Trinajstić information content (AvgIpc) is 3.18. The zero-order valence-electron chi connectivity index (χ0n) is 13.1. The van der Waals surface area contributed by atoms with Crippen LogP contribution in [0.4, 0.5) is 11.6 Å². The van der Waals surface area contributed by atoms with Crippen LogP contribution in [0.1, 0.15) is 57.8 Å². The average molecular weight is 278 g/mol. The van der Waals surface area contributed by atoms with Gasteiger partial charge in [0.15, 0.2) is 0 Å². The Bertz CT molecular complexity index is 481. The van der Waals surface area contributed by atoms with E-state index in [-0.39, 0.29) is 0 Å². The smallest absolute Gasteiger partial charge is 0.136 e. The first kappa shape index (κ1) is 15.0. The predicted molar refractivity (Wildman–Crippen MR) is 82.3 cm³/mol. The molecule has 5 heteroatoms. The molecule has 1 saturated carbocycles. The Labute approximate surface area is 121 Å². The lowest BCUT2D eigenvalue weighted by Crippen LogP contribution is -2.42. The fourth-order valence-electron chi connectivity index (χ4n) is 1.93. The highest BCUT2D eigenvalue weighted by atomic mass is 16.3. The van der Waals surface area contributed by atoms with Gasteiger partial charge in [0.1, 0.15) is 17.5 Å². The van der Waals surface area contributed by atoms with Crippen LogP contribution in [0.25, 0.3) is 0 Å². The number of anilines is 2. The molecule has 1 fully saturated rings. The molecule has 1 aromatic rings. The van der Waals surface area contributed by atoms with Crippen LogP contribution in [-0.2, 0) is 0 Å². The number of nitrogens with zero attached hydrogens (tertiary/aromatic N) is 2. The van der Waals surface area contributed by atoms with Gasteiger partial charge in [-0.15, -0.1) is 0 Å². The third-order valence-corrected chi connectivity index (χ3v) is 3.93. The summed E-state index contributed by atoms with van der Waals surface area (Å²) in [6.45, 7) is 10.6. The molecule has 112 valence electrons. The van der Waals surface area contributed by atoms with Crippen molar-refractivity contribution in [2.45, 2.75) is 65.0 Å². The summed E-state index contributed by atoms with van der Waals surface area (Å²) in [5, 5.41) is 16.5. The molecule has 0 amide bonds. The van der Waals surface area contributed by atoms with E-state index in [0.717, 1.165) is 29.6 Å². The van der Waals surface area contributed by atoms with Crippen molar-refractivity contribution in [2.75, 3.05) is 17.2 Å². The van der Waals surface area contributed by atoms with Crippen LogP contribution in [0.3, 0.4) is 0 Å². The molecule has 1 heterocycles. The van der Waals surface area contributed by atoms with Gasteiger partial charge >= 0.3 is 0 Å². The molecule has 20 heavy (non-hydrogen) atoms. The zero-order valence-corrected chi connectivity index (χ0v) is 13.1. The predicted octanol–water partition coefficient (Wildman–Crippen LogP) is 2.67. The number of rotatable bonds is 6. The fraction of sp³-hybridized carbons (Fsp3) is 0.733. The van der Waals surface area contributed by atoms with Crippen molar-refractivity contribution in [3.63, 3.8) is 0 Å². The van der Waals surface area contributed by atoms with Crippen molar-refractivity contribution in [3.05, 3.63) is 11.4 Å². The van der Waals surface area contributed by atoms with Gasteiger partial charge in [-0.3, -0.25) is 0 Å². The van der Waals surface area contributed by atoms with Crippen LogP contribution >= 0.6 is 0 Å². The van der Waals surface area contributed by atoms with Gasteiger partial charge in [-0.2, -0.15) is 0 Å². The zero-order chi connectivity index (χ0) is 14.9. The summed E-state index contributed by atoms with van der Waals surface area (Å²) in [6, 6.07) is 0. The molecule has 0 aliphatic heterocycles. The number of hydrogen-bond acceptors (Lipinski definition) is 5. The lowest BCUT2D eigenvalue weighted by Gasteiger charge is -2.31. The van der Waals surface area contributed by atoms with Gasteiger partial charge in [0.2, 0.25) is 0 Å². The van der Waals surface area contributed by atoms with Gasteiger partial charge in [0.25, 0.3) is 0 Å². The molecule has 1 unspecified atom stereocenters. The molecule has 5 nitrogen and oxygen atoms in total. The van der Waals surface area contributed by atoms with E-state index in [2.05, 4.69) is 27.5 Å². The molecule has 2 rings (SSSR count). The van der Waals surface area contributed by atoms with Crippen LogP contribution in [-0.4, -0.2) is 33.3 Å². The van der Waals surface area contributed by atoms with Crippen LogP contribution < -0.4 is 10.6 Å². The van der Waals surface area contributed by atoms with Crippen LogP contribution in [0.15, 0.2) is 0 Å². The lowest BCUT2D eigenvalue weighted by molar-refractivity contribution is 0.133. The molecule has 1 aliphatic carbocycles. The summed E-state index contributed by atoms with van der Waals surface area (Å²) >= 11 is 0. The first-order valence-corrected chi connectivity index (χ1v) is 7.43. The molecular weight excluding hydrogens is 252 g/mol. The third kappa shape index (κ3) is 3.20. The molecule has 0 saturated heterocycles. The maximum atomic E-state index is 9.87. The quantitative estimate of drug-likeness (QED) is 0.746. The van der Waals surface area contributed by atoms with Gasteiger partial charge in [-0.25, -0.2) is 9.97 Å². The highest BCUT2D eigenvalue weighted by molar-refractivity contribution is 5.58. The van der Waals surface area contributed by atoms with Crippen molar-refractivity contribution in [2.24, 2.45) is 0 Å². The van der Waals surface area contributed by atoms with E-state index in [1.165, 1.54) is 12.8 Å². The second-order valence-corrected chi connectivity index (χ2v) is 6.23. The fourth-order valence-corrected chi connectivity index (χ4v) is 1.93. The maximum absolute atomic E-state index is 9.87. The molecule has 1 aliphatic rings. The minimum absolute atomic E-state index is 0.427. The number of aliphatic hydroxyl groups is 1. The van der Waals surface area contributed by atoms with Crippen LogP contribution in [0.5, 0.6) is 0 Å². The first-order valence-electron chi connectivity index (χ1n) is 7.43. The molecule has 3 N–H and O–H groups in total. The number of nitrogens with one attached hydrogen (secondary N) is 2. The molecule has 0 aromatic carbocycles. The monoisotopic (exact) mass is 278 g/mol. The third-order valence-electron chi connectivity index (χ3n) is 3.93. The summed E-state index contributed by atoms with van der Waals surface area (Å²) in [6.07, 6.45) is 1.88. The summed E-state index contributed by atoms with van der Waals surface area (Å²) in [4.78, 5) is 9.31. The van der Waals surface area contributed by atoms with Crippen LogP contribution in [0, 0.1) is 6.92 Å². The maximum Gasteiger partial charge on any atom is 0.136 e. The first-order chi connectivity index (χ1) is 9.35. The van der Waals surface area contributed by atoms with E-state index in [4.69, 9.17) is 0 Å². The van der Waals surface area contributed by atoms with E-state index >= 15 is 0 Å². The summed E-state index contributed by atoms with van der Waals surface area (Å²) in [5.74, 6) is 3.13. The van der Waals surface area contributed by atoms with Crippen LogP contribution in [0.2, 0.25) is 0 Å². The number of aliphatic hydroxyl groups excluding tert-OH is 1. The Morgan fingerprint density at radius 2 is 1.90 bits per heavy atom. The molecular formula is C15H26N4O. The van der Waals surface area contributed by atoms with Crippen molar-refractivity contribution in [1.82, 2.24) is 9.97 Å². The van der Waals surface area contributed by atoms with Crippen molar-refractivity contribution >= 4 is 11.6 Å².